The number of hydrogen-bond donors (Lipinski definition) is 0. The molecular weight excluding hydrogens is 347 g/mol. The molecule has 0 aliphatic heterocycles. The molecular formula is C9H10BrIO2. The first-order chi connectivity index (χ1) is 6.15. The average molecular weight is 357 g/mol. The van der Waals surface area contributed by atoms with Crippen molar-refractivity contribution in [3.63, 3.8) is 0 Å². The van der Waals surface area contributed by atoms with Crippen LogP contribution in [0.15, 0.2) is 16.6 Å². The third kappa shape index (κ3) is 3.11. The predicted octanol–water partition coefficient (Wildman–Crippen LogP) is 3.34. The van der Waals surface area contributed by atoms with Gasteiger partial charge in [0.2, 0.25) is 0 Å². The first kappa shape index (κ1) is 11.3. The molecule has 0 bridgehead atoms. The SMILES string of the molecule is COCOc1cc(C)c(I)c(Br)c1. The van der Waals surface area contributed by atoms with Crippen molar-refractivity contribution in [3.8, 4) is 5.75 Å². The van der Waals surface area contributed by atoms with Crippen molar-refractivity contribution in [1.29, 1.82) is 0 Å². The summed E-state index contributed by atoms with van der Waals surface area (Å²) in [4.78, 5) is 0. The summed E-state index contributed by atoms with van der Waals surface area (Å²) in [7, 11) is 1.61. The van der Waals surface area contributed by atoms with Crippen molar-refractivity contribution in [2.75, 3.05) is 13.9 Å². The molecule has 0 amide bonds. The molecule has 72 valence electrons. The van der Waals surface area contributed by atoms with Crippen molar-refractivity contribution in [2.24, 2.45) is 0 Å². The van der Waals surface area contributed by atoms with Crippen molar-refractivity contribution >= 4 is 38.5 Å². The molecule has 1 rings (SSSR count). The van der Waals surface area contributed by atoms with Gasteiger partial charge in [0, 0.05) is 15.2 Å². The monoisotopic (exact) mass is 356 g/mol. The average Bonchev–Trinajstić information content (AvgIpc) is 2.10. The van der Waals surface area contributed by atoms with E-state index in [0.717, 1.165) is 10.2 Å². The van der Waals surface area contributed by atoms with Crippen LogP contribution in [-0.2, 0) is 4.74 Å². The number of ether oxygens (including phenoxy) is 2. The van der Waals surface area contributed by atoms with Crippen LogP contribution < -0.4 is 4.74 Å². The quantitative estimate of drug-likeness (QED) is 0.610. The number of aryl methyl sites for hydroxylation is 1. The molecule has 0 aromatic heterocycles. The molecule has 1 aromatic carbocycles. The minimum atomic E-state index is 0.284. The molecule has 0 aliphatic carbocycles. The summed E-state index contributed by atoms with van der Waals surface area (Å²) in [5.74, 6) is 0.826. The summed E-state index contributed by atoms with van der Waals surface area (Å²) in [6, 6.07) is 3.93. The van der Waals surface area contributed by atoms with Crippen LogP contribution in [-0.4, -0.2) is 13.9 Å². The zero-order valence-electron chi connectivity index (χ0n) is 7.43. The van der Waals surface area contributed by atoms with E-state index in [1.165, 1.54) is 9.13 Å². The lowest BCUT2D eigenvalue weighted by Gasteiger charge is -2.08. The lowest BCUT2D eigenvalue weighted by Crippen LogP contribution is -1.99. The van der Waals surface area contributed by atoms with Gasteiger partial charge in [-0.3, -0.25) is 0 Å². The van der Waals surface area contributed by atoms with E-state index in [-0.39, 0.29) is 6.79 Å². The Hall–Kier alpha value is 0.190. The minimum Gasteiger partial charge on any atom is -0.468 e. The number of methoxy groups -OCH3 is 1. The van der Waals surface area contributed by atoms with Crippen LogP contribution in [0.3, 0.4) is 0 Å². The molecule has 1 aromatic rings. The Morgan fingerprint density at radius 1 is 1.46 bits per heavy atom. The van der Waals surface area contributed by atoms with Gasteiger partial charge in [-0.2, -0.15) is 0 Å². The van der Waals surface area contributed by atoms with Gasteiger partial charge in [-0.1, -0.05) is 0 Å². The smallest absolute Gasteiger partial charge is 0.188 e. The Balaban J connectivity index is 2.86. The lowest BCUT2D eigenvalue weighted by molar-refractivity contribution is 0.0510. The zero-order chi connectivity index (χ0) is 9.84. The number of rotatable bonds is 3. The van der Waals surface area contributed by atoms with Gasteiger partial charge in [0.05, 0.1) is 0 Å². The summed E-state index contributed by atoms with van der Waals surface area (Å²) < 4.78 is 12.4. The van der Waals surface area contributed by atoms with Gasteiger partial charge in [-0.15, -0.1) is 0 Å². The highest BCUT2D eigenvalue weighted by molar-refractivity contribution is 14.1. The summed E-state index contributed by atoms with van der Waals surface area (Å²) in [5.41, 5.74) is 1.20. The molecule has 0 saturated carbocycles. The van der Waals surface area contributed by atoms with Crippen LogP contribution >= 0.6 is 38.5 Å². The van der Waals surface area contributed by atoms with Gasteiger partial charge in [0.1, 0.15) is 5.75 Å². The van der Waals surface area contributed by atoms with E-state index in [4.69, 9.17) is 9.47 Å². The van der Waals surface area contributed by atoms with E-state index in [0.29, 0.717) is 0 Å². The summed E-state index contributed by atoms with van der Waals surface area (Å²) >= 11 is 5.75. The maximum absolute atomic E-state index is 5.32. The largest absolute Gasteiger partial charge is 0.468 e. The Morgan fingerprint density at radius 2 is 2.15 bits per heavy atom. The van der Waals surface area contributed by atoms with Crippen LogP contribution in [0, 0.1) is 10.5 Å². The van der Waals surface area contributed by atoms with Gasteiger partial charge >= 0.3 is 0 Å². The lowest BCUT2D eigenvalue weighted by atomic mass is 10.2. The van der Waals surface area contributed by atoms with Crippen LogP contribution in [0.2, 0.25) is 0 Å². The third-order valence-electron chi connectivity index (χ3n) is 1.53. The van der Waals surface area contributed by atoms with Gasteiger partial charge in [-0.25, -0.2) is 0 Å². The molecule has 0 unspecified atom stereocenters. The molecule has 2 nitrogen and oxygen atoms in total. The molecule has 4 heteroatoms. The fraction of sp³-hybridized carbons (Fsp3) is 0.333. The molecule has 0 saturated heterocycles. The number of hydrogen-bond acceptors (Lipinski definition) is 2. The zero-order valence-corrected chi connectivity index (χ0v) is 11.2. The highest BCUT2D eigenvalue weighted by atomic mass is 127. The molecule has 0 N–H and O–H groups in total. The summed E-state index contributed by atoms with van der Waals surface area (Å²) in [5, 5.41) is 0. The van der Waals surface area contributed by atoms with E-state index in [9.17, 15) is 0 Å². The van der Waals surface area contributed by atoms with Crippen molar-refractivity contribution in [1.82, 2.24) is 0 Å². The van der Waals surface area contributed by atoms with Crippen LogP contribution in [0.1, 0.15) is 5.56 Å². The van der Waals surface area contributed by atoms with E-state index >= 15 is 0 Å². The highest BCUT2D eigenvalue weighted by Crippen LogP contribution is 2.27. The first-order valence-electron chi connectivity index (χ1n) is 3.72. The van der Waals surface area contributed by atoms with E-state index < -0.39 is 0 Å². The van der Waals surface area contributed by atoms with Crippen molar-refractivity contribution in [3.05, 3.63) is 25.7 Å². The standard InChI is InChI=1S/C9H10BrIO2/c1-6-3-7(13-5-12-2)4-8(10)9(6)11/h3-4H,5H2,1-2H3. The van der Waals surface area contributed by atoms with Crippen LogP contribution in [0.25, 0.3) is 0 Å². The molecule has 0 atom stereocenters. The highest BCUT2D eigenvalue weighted by Gasteiger charge is 2.03. The van der Waals surface area contributed by atoms with Crippen LogP contribution in [0.4, 0.5) is 0 Å². The minimum absolute atomic E-state index is 0.284. The Bertz CT molecular complexity index is 279. The fourth-order valence-electron chi connectivity index (χ4n) is 0.905. The molecule has 13 heavy (non-hydrogen) atoms. The Labute approximate surface area is 99.9 Å². The third-order valence-corrected chi connectivity index (χ3v) is 4.33. The van der Waals surface area contributed by atoms with Gasteiger partial charge in [-0.05, 0) is 63.1 Å². The van der Waals surface area contributed by atoms with Crippen LogP contribution in [0.5, 0.6) is 5.75 Å². The fourth-order valence-corrected chi connectivity index (χ4v) is 1.76. The second kappa shape index (κ2) is 5.17. The van der Waals surface area contributed by atoms with Crippen molar-refractivity contribution < 1.29 is 9.47 Å². The molecule has 0 spiro atoms. The predicted molar refractivity (Wildman–Crippen MR) is 64.1 cm³/mol. The first-order valence-corrected chi connectivity index (χ1v) is 5.59. The van der Waals surface area contributed by atoms with E-state index in [1.54, 1.807) is 7.11 Å². The Kier molecular flexibility index (Phi) is 4.48. The second-order valence-corrected chi connectivity index (χ2v) is 4.52. The van der Waals surface area contributed by atoms with Gasteiger partial charge < -0.3 is 9.47 Å². The number of halogens is 2. The second-order valence-electron chi connectivity index (χ2n) is 2.59. The maximum atomic E-state index is 5.32. The van der Waals surface area contributed by atoms with E-state index in [2.05, 4.69) is 38.5 Å². The van der Waals surface area contributed by atoms with E-state index in [1.807, 2.05) is 19.1 Å². The van der Waals surface area contributed by atoms with Gasteiger partial charge in [0.15, 0.2) is 6.79 Å². The Morgan fingerprint density at radius 3 is 2.69 bits per heavy atom. The maximum Gasteiger partial charge on any atom is 0.188 e. The molecule has 0 aliphatic rings. The molecule has 0 heterocycles. The molecule has 0 radical (unpaired) electrons. The topological polar surface area (TPSA) is 18.5 Å². The molecule has 0 fully saturated rings. The van der Waals surface area contributed by atoms with Crippen molar-refractivity contribution in [2.45, 2.75) is 6.92 Å². The normalized spacial score (nSPS) is 10.2. The summed E-state index contributed by atoms with van der Waals surface area (Å²) in [6.45, 7) is 2.33. The summed E-state index contributed by atoms with van der Waals surface area (Å²) in [6.07, 6.45) is 0. The number of benzene rings is 1. The van der Waals surface area contributed by atoms with Gasteiger partial charge in [0.25, 0.3) is 0 Å².